The third-order valence-corrected chi connectivity index (χ3v) is 6.45. The molecule has 3 aromatic rings. The Morgan fingerprint density at radius 2 is 2.00 bits per heavy atom. The molecule has 132 valence electrons. The van der Waals surface area contributed by atoms with Gasteiger partial charge in [0, 0.05) is 31.8 Å². The van der Waals surface area contributed by atoms with Gasteiger partial charge in [0.2, 0.25) is 0 Å². The van der Waals surface area contributed by atoms with Crippen molar-refractivity contribution >= 4 is 46.5 Å². The predicted octanol–water partition coefficient (Wildman–Crippen LogP) is 5.83. The molecule has 7 heteroatoms. The van der Waals surface area contributed by atoms with Crippen LogP contribution in [0.15, 0.2) is 41.3 Å². The summed E-state index contributed by atoms with van der Waals surface area (Å²) in [6.45, 7) is 8.29. The summed E-state index contributed by atoms with van der Waals surface area (Å²) in [5, 5.41) is 6.17. The number of ether oxygens (including phenoxy) is 1. The molecule has 0 saturated carbocycles. The summed E-state index contributed by atoms with van der Waals surface area (Å²) < 4.78 is 8.49. The van der Waals surface area contributed by atoms with E-state index in [-0.39, 0.29) is 0 Å². The van der Waals surface area contributed by atoms with Crippen LogP contribution in [0.1, 0.15) is 0 Å². The van der Waals surface area contributed by atoms with Crippen molar-refractivity contribution in [2.45, 2.75) is 32.4 Å². The zero-order chi connectivity index (χ0) is 18.0. The zero-order valence-electron chi connectivity index (χ0n) is 14.6. The standard InChI is InChI=1S/C18H21BrClN3OSi/c1-25(2,3)8-7-24-12-23-17-6-4-5-13(15(17)10-22-23)14-9-18(19)21-11-16(14)20/h4-6,9-11H,7-8,12H2,1-3H3. The van der Waals surface area contributed by atoms with Crippen LogP contribution in [0.4, 0.5) is 0 Å². The molecule has 0 saturated heterocycles. The smallest absolute Gasteiger partial charge is 0.139 e. The molecule has 25 heavy (non-hydrogen) atoms. The fourth-order valence-corrected chi connectivity index (χ4v) is 3.88. The Balaban J connectivity index is 1.86. The number of benzene rings is 1. The lowest BCUT2D eigenvalue weighted by Gasteiger charge is -2.15. The first-order valence-electron chi connectivity index (χ1n) is 8.19. The summed E-state index contributed by atoms with van der Waals surface area (Å²) in [7, 11) is -1.08. The van der Waals surface area contributed by atoms with E-state index in [0.29, 0.717) is 11.8 Å². The quantitative estimate of drug-likeness (QED) is 0.276. The zero-order valence-corrected chi connectivity index (χ0v) is 17.9. The fraction of sp³-hybridized carbons (Fsp3) is 0.333. The first-order valence-corrected chi connectivity index (χ1v) is 13.1. The van der Waals surface area contributed by atoms with Gasteiger partial charge in [-0.3, -0.25) is 0 Å². The maximum Gasteiger partial charge on any atom is 0.139 e. The highest BCUT2D eigenvalue weighted by Gasteiger charge is 2.14. The molecule has 0 bridgehead atoms. The summed E-state index contributed by atoms with van der Waals surface area (Å²) in [5.41, 5.74) is 3.02. The number of hydrogen-bond donors (Lipinski definition) is 0. The van der Waals surface area contributed by atoms with Crippen molar-refractivity contribution in [3.8, 4) is 11.1 Å². The van der Waals surface area contributed by atoms with Crippen molar-refractivity contribution in [1.82, 2.24) is 14.8 Å². The maximum atomic E-state index is 6.35. The lowest BCUT2D eigenvalue weighted by molar-refractivity contribution is 0.0817. The molecular formula is C18H21BrClN3OSi. The van der Waals surface area contributed by atoms with Gasteiger partial charge in [-0.05, 0) is 39.7 Å². The van der Waals surface area contributed by atoms with Crippen LogP contribution in [0.3, 0.4) is 0 Å². The number of aromatic nitrogens is 3. The molecule has 1 aromatic carbocycles. The molecule has 0 amide bonds. The van der Waals surface area contributed by atoms with E-state index in [4.69, 9.17) is 16.3 Å². The summed E-state index contributed by atoms with van der Waals surface area (Å²) in [6, 6.07) is 9.20. The van der Waals surface area contributed by atoms with Crippen molar-refractivity contribution in [1.29, 1.82) is 0 Å². The van der Waals surface area contributed by atoms with Gasteiger partial charge in [0.1, 0.15) is 11.3 Å². The van der Waals surface area contributed by atoms with E-state index >= 15 is 0 Å². The molecule has 2 heterocycles. The molecule has 0 aliphatic rings. The van der Waals surface area contributed by atoms with E-state index in [1.807, 2.05) is 29.1 Å². The fourth-order valence-electron chi connectivity index (χ4n) is 2.59. The van der Waals surface area contributed by atoms with Crippen LogP contribution in [-0.4, -0.2) is 29.4 Å². The highest BCUT2D eigenvalue weighted by Crippen LogP contribution is 2.34. The predicted molar refractivity (Wildman–Crippen MR) is 110 cm³/mol. The topological polar surface area (TPSA) is 39.9 Å². The molecule has 0 aliphatic heterocycles. The summed E-state index contributed by atoms with van der Waals surface area (Å²) in [4.78, 5) is 4.17. The molecule has 4 nitrogen and oxygen atoms in total. The Morgan fingerprint density at radius 1 is 1.20 bits per heavy atom. The molecule has 0 atom stereocenters. The van der Waals surface area contributed by atoms with Gasteiger partial charge >= 0.3 is 0 Å². The first-order chi connectivity index (χ1) is 11.8. The van der Waals surface area contributed by atoms with Gasteiger partial charge in [0.05, 0.1) is 16.7 Å². The number of pyridine rings is 1. The van der Waals surface area contributed by atoms with Gasteiger partial charge in [-0.15, -0.1) is 0 Å². The summed E-state index contributed by atoms with van der Waals surface area (Å²) in [6.07, 6.45) is 3.53. The monoisotopic (exact) mass is 437 g/mol. The van der Waals surface area contributed by atoms with Crippen molar-refractivity contribution in [2.75, 3.05) is 6.61 Å². The van der Waals surface area contributed by atoms with E-state index in [1.165, 1.54) is 0 Å². The van der Waals surface area contributed by atoms with E-state index in [0.717, 1.165) is 39.3 Å². The molecule has 0 radical (unpaired) electrons. The van der Waals surface area contributed by atoms with Crippen LogP contribution in [-0.2, 0) is 11.5 Å². The van der Waals surface area contributed by atoms with Crippen LogP contribution in [0.2, 0.25) is 30.7 Å². The molecule has 0 N–H and O–H groups in total. The average Bonchev–Trinajstić information content (AvgIpc) is 2.96. The molecule has 3 rings (SSSR count). The minimum Gasteiger partial charge on any atom is -0.360 e. The van der Waals surface area contributed by atoms with Crippen molar-refractivity contribution in [2.24, 2.45) is 0 Å². The Bertz CT molecular complexity index is 892. The summed E-state index contributed by atoms with van der Waals surface area (Å²) in [5.74, 6) is 0. The minimum absolute atomic E-state index is 0.463. The molecule has 0 aliphatic carbocycles. The summed E-state index contributed by atoms with van der Waals surface area (Å²) >= 11 is 9.77. The second-order valence-electron chi connectivity index (χ2n) is 7.22. The van der Waals surface area contributed by atoms with Crippen LogP contribution in [0.25, 0.3) is 22.0 Å². The third kappa shape index (κ3) is 4.50. The lowest BCUT2D eigenvalue weighted by Crippen LogP contribution is -2.22. The minimum atomic E-state index is -1.08. The molecule has 2 aromatic heterocycles. The van der Waals surface area contributed by atoms with Crippen LogP contribution < -0.4 is 0 Å². The second kappa shape index (κ2) is 7.58. The second-order valence-corrected chi connectivity index (χ2v) is 14.1. The Hall–Kier alpha value is -1.21. The van der Waals surface area contributed by atoms with Gasteiger partial charge in [0.25, 0.3) is 0 Å². The SMILES string of the molecule is C[Si](C)(C)CCOCn1ncc2c(-c3cc(Br)ncc3Cl)cccc21. The molecular weight excluding hydrogens is 418 g/mol. The van der Waals surface area contributed by atoms with Gasteiger partial charge < -0.3 is 4.74 Å². The normalized spacial score (nSPS) is 12.0. The van der Waals surface area contributed by atoms with Crippen LogP contribution >= 0.6 is 27.5 Å². The number of nitrogens with zero attached hydrogens (tertiary/aromatic N) is 3. The highest BCUT2D eigenvalue weighted by molar-refractivity contribution is 9.10. The highest BCUT2D eigenvalue weighted by atomic mass is 79.9. The average molecular weight is 439 g/mol. The lowest BCUT2D eigenvalue weighted by atomic mass is 10.0. The number of fused-ring (bicyclic) bond motifs is 1. The Kier molecular flexibility index (Phi) is 5.63. The van der Waals surface area contributed by atoms with Gasteiger partial charge in [0.15, 0.2) is 0 Å². The van der Waals surface area contributed by atoms with Gasteiger partial charge in [-0.1, -0.05) is 43.4 Å². The van der Waals surface area contributed by atoms with Crippen molar-refractivity contribution < 1.29 is 4.74 Å². The molecule has 0 unspecified atom stereocenters. The van der Waals surface area contributed by atoms with Crippen LogP contribution in [0.5, 0.6) is 0 Å². The largest absolute Gasteiger partial charge is 0.360 e. The van der Waals surface area contributed by atoms with E-state index in [2.05, 4.69) is 51.7 Å². The van der Waals surface area contributed by atoms with Crippen molar-refractivity contribution in [3.05, 3.63) is 46.3 Å². The van der Waals surface area contributed by atoms with Gasteiger partial charge in [-0.2, -0.15) is 5.10 Å². The van der Waals surface area contributed by atoms with E-state index in [1.54, 1.807) is 6.20 Å². The third-order valence-electron chi connectivity index (χ3n) is 4.01. The van der Waals surface area contributed by atoms with E-state index in [9.17, 15) is 0 Å². The Morgan fingerprint density at radius 3 is 2.76 bits per heavy atom. The van der Waals surface area contributed by atoms with Crippen molar-refractivity contribution in [3.63, 3.8) is 0 Å². The maximum absolute atomic E-state index is 6.35. The molecule has 0 fully saturated rings. The molecule has 0 spiro atoms. The number of hydrogen-bond acceptors (Lipinski definition) is 3. The number of rotatable bonds is 6. The van der Waals surface area contributed by atoms with E-state index < -0.39 is 8.07 Å². The van der Waals surface area contributed by atoms with Crippen LogP contribution in [0, 0.1) is 0 Å². The first kappa shape index (κ1) is 18.6. The van der Waals surface area contributed by atoms with Gasteiger partial charge in [-0.25, -0.2) is 9.67 Å². The number of halogens is 2. The Labute approximate surface area is 162 Å².